The van der Waals surface area contributed by atoms with Gasteiger partial charge in [0.15, 0.2) is 0 Å². The zero-order valence-electron chi connectivity index (χ0n) is 17.2. The number of benzene rings is 1. The molecule has 0 saturated carbocycles. The largest absolute Gasteiger partial charge is 0.336 e. The number of hydrogen-bond acceptors (Lipinski definition) is 6. The number of carbonyl (C=O) groups is 1. The van der Waals surface area contributed by atoms with E-state index in [1.807, 2.05) is 13.8 Å². The summed E-state index contributed by atoms with van der Waals surface area (Å²) >= 11 is 0. The van der Waals surface area contributed by atoms with E-state index in [0.29, 0.717) is 35.4 Å². The molecule has 3 heterocycles. The Bertz CT molecular complexity index is 1180. The van der Waals surface area contributed by atoms with E-state index in [1.165, 1.54) is 4.31 Å². The van der Waals surface area contributed by atoms with Gasteiger partial charge in [-0.15, -0.1) is 0 Å². The molecule has 9 heteroatoms. The van der Waals surface area contributed by atoms with E-state index in [0.717, 1.165) is 5.69 Å². The SMILES string of the molecule is Cc1noc2nc(C(C)C)cc(C(=O)N3CCN(S(=O)(=O)c4ccccc4)CC3)c12. The Balaban J connectivity index is 1.58. The molecule has 0 radical (unpaired) electrons. The second kappa shape index (κ2) is 7.81. The molecule has 3 aromatic rings. The van der Waals surface area contributed by atoms with Gasteiger partial charge < -0.3 is 9.42 Å². The molecule has 1 fully saturated rings. The molecule has 1 aromatic carbocycles. The van der Waals surface area contributed by atoms with Gasteiger partial charge in [-0.3, -0.25) is 4.79 Å². The van der Waals surface area contributed by atoms with Crippen LogP contribution < -0.4 is 0 Å². The Labute approximate surface area is 175 Å². The van der Waals surface area contributed by atoms with Crippen molar-refractivity contribution in [3.8, 4) is 0 Å². The summed E-state index contributed by atoms with van der Waals surface area (Å²) < 4.78 is 32.4. The molecule has 1 aliphatic rings. The van der Waals surface area contributed by atoms with Crippen LogP contribution in [0.5, 0.6) is 0 Å². The van der Waals surface area contributed by atoms with Crippen molar-refractivity contribution in [2.75, 3.05) is 26.2 Å². The van der Waals surface area contributed by atoms with Crippen LogP contribution in [0.3, 0.4) is 0 Å². The van der Waals surface area contributed by atoms with Crippen LogP contribution >= 0.6 is 0 Å². The van der Waals surface area contributed by atoms with Crippen molar-refractivity contribution in [3.63, 3.8) is 0 Å². The maximum Gasteiger partial charge on any atom is 0.259 e. The third-order valence-electron chi connectivity index (χ3n) is 5.37. The maximum absolute atomic E-state index is 13.3. The molecule has 0 aliphatic carbocycles. The number of nitrogens with zero attached hydrogens (tertiary/aromatic N) is 4. The van der Waals surface area contributed by atoms with Gasteiger partial charge in [-0.1, -0.05) is 37.2 Å². The zero-order chi connectivity index (χ0) is 21.5. The fourth-order valence-corrected chi connectivity index (χ4v) is 5.06. The van der Waals surface area contributed by atoms with Crippen LogP contribution in [0, 0.1) is 6.92 Å². The summed E-state index contributed by atoms with van der Waals surface area (Å²) in [4.78, 5) is 19.7. The van der Waals surface area contributed by atoms with Crippen LogP contribution in [0.2, 0.25) is 0 Å². The average molecular weight is 429 g/mol. The molecular formula is C21H24N4O4S. The Hall–Kier alpha value is -2.78. The molecule has 0 atom stereocenters. The fraction of sp³-hybridized carbons (Fsp3) is 0.381. The highest BCUT2D eigenvalue weighted by atomic mass is 32.2. The highest BCUT2D eigenvalue weighted by molar-refractivity contribution is 7.89. The molecule has 30 heavy (non-hydrogen) atoms. The Morgan fingerprint density at radius 1 is 1.10 bits per heavy atom. The molecular weight excluding hydrogens is 404 g/mol. The first-order chi connectivity index (χ1) is 14.3. The van der Waals surface area contributed by atoms with Crippen molar-refractivity contribution in [1.29, 1.82) is 0 Å². The Morgan fingerprint density at radius 3 is 2.40 bits per heavy atom. The van der Waals surface area contributed by atoms with Crippen molar-refractivity contribution in [2.45, 2.75) is 31.6 Å². The minimum absolute atomic E-state index is 0.124. The van der Waals surface area contributed by atoms with Gasteiger partial charge >= 0.3 is 0 Å². The average Bonchev–Trinajstić information content (AvgIpc) is 3.14. The van der Waals surface area contributed by atoms with Crippen molar-refractivity contribution >= 4 is 27.0 Å². The lowest BCUT2D eigenvalue weighted by Gasteiger charge is -2.34. The van der Waals surface area contributed by atoms with Gasteiger partial charge in [0, 0.05) is 31.9 Å². The van der Waals surface area contributed by atoms with E-state index in [4.69, 9.17) is 4.52 Å². The first-order valence-corrected chi connectivity index (χ1v) is 11.3. The lowest BCUT2D eigenvalue weighted by atomic mass is 10.0. The summed E-state index contributed by atoms with van der Waals surface area (Å²) in [6.07, 6.45) is 0. The molecule has 2 aromatic heterocycles. The smallest absolute Gasteiger partial charge is 0.259 e. The fourth-order valence-electron chi connectivity index (χ4n) is 3.62. The van der Waals surface area contributed by atoms with Gasteiger partial charge in [-0.25, -0.2) is 13.4 Å². The molecule has 1 saturated heterocycles. The van der Waals surface area contributed by atoms with Crippen LogP contribution in [0.4, 0.5) is 0 Å². The topological polar surface area (TPSA) is 96.6 Å². The molecule has 4 rings (SSSR count). The normalized spacial score (nSPS) is 15.8. The summed E-state index contributed by atoms with van der Waals surface area (Å²) in [6, 6.07) is 10.2. The molecule has 1 amide bonds. The highest BCUT2D eigenvalue weighted by Gasteiger charge is 2.31. The third kappa shape index (κ3) is 3.59. The number of aromatic nitrogens is 2. The lowest BCUT2D eigenvalue weighted by molar-refractivity contribution is 0.0699. The monoisotopic (exact) mass is 428 g/mol. The maximum atomic E-state index is 13.3. The summed E-state index contributed by atoms with van der Waals surface area (Å²) in [5, 5.41) is 4.58. The van der Waals surface area contributed by atoms with E-state index < -0.39 is 10.0 Å². The summed E-state index contributed by atoms with van der Waals surface area (Å²) in [7, 11) is -3.57. The first-order valence-electron chi connectivity index (χ1n) is 9.90. The van der Waals surface area contributed by atoms with Crippen LogP contribution in [0.25, 0.3) is 11.1 Å². The number of carbonyl (C=O) groups excluding carboxylic acids is 1. The molecule has 8 nitrogen and oxygen atoms in total. The van der Waals surface area contributed by atoms with Gasteiger partial charge in [0.05, 0.1) is 21.5 Å². The van der Waals surface area contributed by atoms with Crippen molar-refractivity contribution in [2.24, 2.45) is 0 Å². The number of fused-ring (bicyclic) bond motifs is 1. The molecule has 0 bridgehead atoms. The summed E-state index contributed by atoms with van der Waals surface area (Å²) in [5.74, 6) is -0.0356. The first kappa shape index (κ1) is 20.5. The number of hydrogen-bond donors (Lipinski definition) is 0. The zero-order valence-corrected chi connectivity index (χ0v) is 18.0. The quantitative estimate of drug-likeness (QED) is 0.634. The summed E-state index contributed by atoms with van der Waals surface area (Å²) in [6.45, 7) is 6.90. The van der Waals surface area contributed by atoms with E-state index in [1.54, 1.807) is 48.2 Å². The number of sulfonamides is 1. The van der Waals surface area contributed by atoms with E-state index in [9.17, 15) is 13.2 Å². The second-order valence-electron chi connectivity index (χ2n) is 7.71. The minimum atomic E-state index is -3.57. The second-order valence-corrected chi connectivity index (χ2v) is 9.64. The molecule has 1 aliphatic heterocycles. The highest BCUT2D eigenvalue weighted by Crippen LogP contribution is 2.27. The van der Waals surface area contributed by atoms with E-state index in [-0.39, 0.29) is 29.8 Å². The third-order valence-corrected chi connectivity index (χ3v) is 7.28. The number of rotatable bonds is 4. The lowest BCUT2D eigenvalue weighted by Crippen LogP contribution is -2.50. The van der Waals surface area contributed by atoms with Crippen LogP contribution in [0.15, 0.2) is 45.8 Å². The van der Waals surface area contributed by atoms with E-state index >= 15 is 0 Å². The predicted molar refractivity (Wildman–Crippen MR) is 112 cm³/mol. The standard InChI is InChI=1S/C21H24N4O4S/c1-14(2)18-13-17(19-15(3)23-29-20(19)22-18)21(26)24-9-11-25(12-10-24)30(27,28)16-7-5-4-6-8-16/h4-8,13-14H,9-12H2,1-3H3. The van der Waals surface area contributed by atoms with Crippen molar-refractivity contribution in [3.05, 3.63) is 53.3 Å². The number of piperazine rings is 1. The molecule has 158 valence electrons. The number of aryl methyl sites for hydroxylation is 1. The molecule has 0 unspecified atom stereocenters. The molecule has 0 spiro atoms. The van der Waals surface area contributed by atoms with Gasteiger partial charge in [0.25, 0.3) is 11.6 Å². The minimum Gasteiger partial charge on any atom is -0.336 e. The molecule has 0 N–H and O–H groups in total. The van der Waals surface area contributed by atoms with Crippen LogP contribution in [-0.4, -0.2) is 59.8 Å². The van der Waals surface area contributed by atoms with Gasteiger partial charge in [-0.05, 0) is 31.0 Å². The van der Waals surface area contributed by atoms with Crippen LogP contribution in [-0.2, 0) is 10.0 Å². The number of pyridine rings is 1. The number of amides is 1. The Kier molecular flexibility index (Phi) is 5.33. The Morgan fingerprint density at radius 2 is 1.77 bits per heavy atom. The van der Waals surface area contributed by atoms with Crippen LogP contribution in [0.1, 0.15) is 41.5 Å². The van der Waals surface area contributed by atoms with Crippen molar-refractivity contribution < 1.29 is 17.7 Å². The van der Waals surface area contributed by atoms with Gasteiger partial charge in [0.2, 0.25) is 10.0 Å². The van der Waals surface area contributed by atoms with Gasteiger partial charge in [0.1, 0.15) is 0 Å². The predicted octanol–water partition coefficient (Wildman–Crippen LogP) is 2.80. The van der Waals surface area contributed by atoms with Gasteiger partial charge in [-0.2, -0.15) is 4.31 Å². The van der Waals surface area contributed by atoms with E-state index in [2.05, 4.69) is 10.1 Å². The van der Waals surface area contributed by atoms with Crippen molar-refractivity contribution in [1.82, 2.24) is 19.3 Å². The summed E-state index contributed by atoms with van der Waals surface area (Å²) in [5.41, 5.74) is 2.22.